The summed E-state index contributed by atoms with van der Waals surface area (Å²) in [5.41, 5.74) is 0.313. The molecule has 4 nitrogen and oxygen atoms in total. The maximum Gasteiger partial charge on any atom is 0.339 e. The van der Waals surface area contributed by atoms with Gasteiger partial charge in [-0.15, -0.1) is 0 Å². The second-order valence-corrected chi connectivity index (χ2v) is 4.43. The van der Waals surface area contributed by atoms with Crippen LogP contribution in [0.3, 0.4) is 0 Å². The number of hydrogen-bond donors (Lipinski definition) is 1. The summed E-state index contributed by atoms with van der Waals surface area (Å²) in [7, 11) is 0. The van der Waals surface area contributed by atoms with Crippen LogP contribution in [0.5, 0.6) is 0 Å². The Kier molecular flexibility index (Phi) is 3.61. The van der Waals surface area contributed by atoms with Gasteiger partial charge in [-0.25, -0.2) is 9.78 Å². The summed E-state index contributed by atoms with van der Waals surface area (Å²) >= 11 is 0. The van der Waals surface area contributed by atoms with E-state index in [2.05, 4.69) is 16.8 Å². The molecule has 0 spiro atoms. The van der Waals surface area contributed by atoms with Gasteiger partial charge >= 0.3 is 5.97 Å². The molecule has 2 heterocycles. The number of pyridine rings is 1. The molecule has 1 atom stereocenters. The average molecular weight is 234 g/mol. The molecule has 4 heteroatoms. The molecule has 1 N–H and O–H groups in total. The second-order valence-electron chi connectivity index (χ2n) is 4.43. The van der Waals surface area contributed by atoms with E-state index >= 15 is 0 Å². The summed E-state index contributed by atoms with van der Waals surface area (Å²) in [5.74, 6) is -0.264. The highest BCUT2D eigenvalue weighted by atomic mass is 16.4. The Hall–Kier alpha value is -1.58. The van der Waals surface area contributed by atoms with Crippen LogP contribution >= 0.6 is 0 Å². The topological polar surface area (TPSA) is 53.4 Å². The van der Waals surface area contributed by atoms with Crippen molar-refractivity contribution in [2.75, 3.05) is 11.4 Å². The highest BCUT2D eigenvalue weighted by Crippen LogP contribution is 2.27. The van der Waals surface area contributed by atoms with Gasteiger partial charge in [-0.05, 0) is 37.8 Å². The number of aromatic carboxylic acids is 1. The molecule has 1 aliphatic heterocycles. The molecular formula is C13H18N2O2. The minimum absolute atomic E-state index is 0.313. The fraction of sp³-hybridized carbons (Fsp3) is 0.538. The molecule has 0 bridgehead atoms. The van der Waals surface area contributed by atoms with Crippen LogP contribution in [0, 0.1) is 0 Å². The van der Waals surface area contributed by atoms with Gasteiger partial charge in [-0.2, -0.15) is 0 Å². The van der Waals surface area contributed by atoms with E-state index in [9.17, 15) is 9.90 Å². The number of anilines is 1. The highest BCUT2D eigenvalue weighted by molar-refractivity contribution is 5.93. The lowest BCUT2D eigenvalue weighted by Crippen LogP contribution is -2.40. The van der Waals surface area contributed by atoms with Crippen LogP contribution in [0.15, 0.2) is 18.3 Å². The fourth-order valence-corrected chi connectivity index (χ4v) is 2.50. The van der Waals surface area contributed by atoms with Crippen LogP contribution in [0.4, 0.5) is 5.82 Å². The maximum absolute atomic E-state index is 11.2. The summed E-state index contributed by atoms with van der Waals surface area (Å²) in [6, 6.07) is 3.74. The first-order valence-corrected chi connectivity index (χ1v) is 6.19. The minimum atomic E-state index is -0.895. The molecule has 1 fully saturated rings. The van der Waals surface area contributed by atoms with E-state index < -0.39 is 5.97 Å². The van der Waals surface area contributed by atoms with Gasteiger partial charge in [0.25, 0.3) is 0 Å². The number of carbonyl (C=O) groups is 1. The zero-order chi connectivity index (χ0) is 12.3. The Balaban J connectivity index is 2.34. The van der Waals surface area contributed by atoms with Crippen molar-refractivity contribution < 1.29 is 9.90 Å². The molecule has 0 saturated carbocycles. The van der Waals surface area contributed by atoms with Crippen LogP contribution < -0.4 is 4.90 Å². The molecular weight excluding hydrogens is 216 g/mol. The van der Waals surface area contributed by atoms with Crippen molar-refractivity contribution in [1.82, 2.24) is 4.98 Å². The molecule has 0 radical (unpaired) electrons. The first-order valence-electron chi connectivity index (χ1n) is 6.19. The molecule has 1 aromatic rings. The van der Waals surface area contributed by atoms with Crippen LogP contribution in [0.1, 0.15) is 43.0 Å². The van der Waals surface area contributed by atoms with E-state index in [1.54, 1.807) is 18.3 Å². The molecule has 0 amide bonds. The number of rotatable bonds is 3. The number of piperidine rings is 1. The van der Waals surface area contributed by atoms with E-state index in [1.165, 1.54) is 6.42 Å². The predicted octanol–water partition coefficient (Wildman–Crippen LogP) is 2.55. The quantitative estimate of drug-likeness (QED) is 0.873. The van der Waals surface area contributed by atoms with Gasteiger partial charge in [-0.3, -0.25) is 0 Å². The Morgan fingerprint density at radius 2 is 2.41 bits per heavy atom. The molecule has 17 heavy (non-hydrogen) atoms. The van der Waals surface area contributed by atoms with Crippen LogP contribution in [-0.4, -0.2) is 28.6 Å². The van der Waals surface area contributed by atoms with Gasteiger partial charge in [0, 0.05) is 18.8 Å². The second kappa shape index (κ2) is 5.17. The van der Waals surface area contributed by atoms with Crippen molar-refractivity contribution in [1.29, 1.82) is 0 Å². The summed E-state index contributed by atoms with van der Waals surface area (Å²) in [4.78, 5) is 17.6. The van der Waals surface area contributed by atoms with Gasteiger partial charge in [-0.1, -0.05) is 6.92 Å². The Labute approximate surface area is 101 Å². The summed E-state index contributed by atoms with van der Waals surface area (Å²) in [6.07, 6.45) is 6.18. The van der Waals surface area contributed by atoms with E-state index in [0.29, 0.717) is 17.4 Å². The Morgan fingerprint density at radius 3 is 3.12 bits per heavy atom. The SMILES string of the molecule is CC[C@@H]1CCCCN1c1ncccc1C(=O)O. The molecule has 92 valence electrons. The third kappa shape index (κ3) is 2.40. The molecule has 0 unspecified atom stereocenters. The average Bonchev–Trinajstić information content (AvgIpc) is 2.38. The monoisotopic (exact) mass is 234 g/mol. The van der Waals surface area contributed by atoms with E-state index in [-0.39, 0.29) is 0 Å². The third-order valence-electron chi connectivity index (χ3n) is 3.39. The van der Waals surface area contributed by atoms with Crippen LogP contribution in [0.2, 0.25) is 0 Å². The predicted molar refractivity (Wildman–Crippen MR) is 66.5 cm³/mol. The lowest BCUT2D eigenvalue weighted by atomic mass is 9.99. The molecule has 0 aliphatic carbocycles. The summed E-state index contributed by atoms with van der Waals surface area (Å²) in [5, 5.41) is 9.19. The third-order valence-corrected chi connectivity index (χ3v) is 3.39. The van der Waals surface area contributed by atoms with E-state index in [4.69, 9.17) is 0 Å². The van der Waals surface area contributed by atoms with Gasteiger partial charge < -0.3 is 10.0 Å². The smallest absolute Gasteiger partial charge is 0.339 e. The number of aromatic nitrogens is 1. The molecule has 1 saturated heterocycles. The minimum Gasteiger partial charge on any atom is -0.478 e. The van der Waals surface area contributed by atoms with Crippen molar-refractivity contribution in [3.8, 4) is 0 Å². The number of nitrogens with zero attached hydrogens (tertiary/aromatic N) is 2. The fourth-order valence-electron chi connectivity index (χ4n) is 2.50. The van der Waals surface area contributed by atoms with Gasteiger partial charge in [0.1, 0.15) is 11.4 Å². The maximum atomic E-state index is 11.2. The molecule has 1 aliphatic rings. The standard InChI is InChI=1S/C13H18N2O2/c1-2-10-6-3-4-9-15(10)12-11(13(16)17)7-5-8-14-12/h5,7-8,10H,2-4,6,9H2,1H3,(H,16,17)/t10-/m1/s1. The van der Waals surface area contributed by atoms with Crippen molar-refractivity contribution >= 4 is 11.8 Å². The largest absolute Gasteiger partial charge is 0.478 e. The van der Waals surface area contributed by atoms with Gasteiger partial charge in [0.2, 0.25) is 0 Å². The van der Waals surface area contributed by atoms with Crippen molar-refractivity contribution in [3.63, 3.8) is 0 Å². The van der Waals surface area contributed by atoms with Crippen molar-refractivity contribution in [2.24, 2.45) is 0 Å². The first-order chi connectivity index (χ1) is 8.24. The zero-order valence-electron chi connectivity index (χ0n) is 10.1. The Morgan fingerprint density at radius 1 is 1.59 bits per heavy atom. The van der Waals surface area contributed by atoms with Crippen LogP contribution in [-0.2, 0) is 0 Å². The van der Waals surface area contributed by atoms with Crippen molar-refractivity contribution in [2.45, 2.75) is 38.6 Å². The number of hydrogen-bond acceptors (Lipinski definition) is 3. The first kappa shape index (κ1) is 11.9. The summed E-state index contributed by atoms with van der Waals surface area (Å²) < 4.78 is 0. The molecule has 2 rings (SSSR count). The lowest BCUT2D eigenvalue weighted by molar-refractivity contribution is 0.0697. The van der Waals surface area contributed by atoms with E-state index in [1.807, 2.05) is 0 Å². The highest BCUT2D eigenvalue weighted by Gasteiger charge is 2.25. The normalized spacial score (nSPS) is 20.3. The number of carboxylic acids is 1. The van der Waals surface area contributed by atoms with Gasteiger partial charge in [0.05, 0.1) is 0 Å². The summed E-state index contributed by atoms with van der Waals surface area (Å²) in [6.45, 7) is 3.06. The van der Waals surface area contributed by atoms with Crippen LogP contribution in [0.25, 0.3) is 0 Å². The van der Waals surface area contributed by atoms with Crippen molar-refractivity contribution in [3.05, 3.63) is 23.9 Å². The van der Waals surface area contributed by atoms with Gasteiger partial charge in [0.15, 0.2) is 0 Å². The lowest BCUT2D eigenvalue weighted by Gasteiger charge is -2.36. The van der Waals surface area contributed by atoms with E-state index in [0.717, 1.165) is 25.8 Å². The zero-order valence-corrected chi connectivity index (χ0v) is 10.1. The molecule has 0 aromatic carbocycles. The Bertz CT molecular complexity index is 406. The molecule has 1 aromatic heterocycles. The number of carboxylic acid groups (broad SMARTS) is 1.